The van der Waals surface area contributed by atoms with Gasteiger partial charge in [0, 0.05) is 0 Å². The molecule has 11 aromatic carbocycles. The maximum Gasteiger partial charge on any atom is 0.179 e. The van der Waals surface area contributed by atoms with Gasteiger partial charge < -0.3 is 0 Å². The van der Waals surface area contributed by atoms with E-state index in [-0.39, 0.29) is 0 Å². The highest BCUT2D eigenvalue weighted by molar-refractivity contribution is 7.20. The summed E-state index contributed by atoms with van der Waals surface area (Å²) in [4.78, 5) is 0. The molecule has 0 aliphatic rings. The zero-order valence-corrected chi connectivity index (χ0v) is 38.8. The van der Waals surface area contributed by atoms with Gasteiger partial charge in [0.25, 0.3) is 0 Å². The van der Waals surface area contributed by atoms with Gasteiger partial charge >= 0.3 is 0 Å². The monoisotopic (exact) mass is 918 g/mol. The lowest BCUT2D eigenvalue weighted by Crippen LogP contribution is -2.74. The Balaban J connectivity index is 1.22. The molecule has 0 atom stereocenters. The Labute approximate surface area is 395 Å². The van der Waals surface area contributed by atoms with Crippen molar-refractivity contribution in [1.82, 2.24) is 0 Å². The van der Waals surface area contributed by atoms with Gasteiger partial charge in [0.15, 0.2) is 39.4 Å². The van der Waals surface area contributed by atoms with Gasteiger partial charge in [-0.3, -0.25) is 0 Å². The molecule has 0 spiro atoms. The molecule has 0 fully saturated rings. The third-order valence-electron chi connectivity index (χ3n) is 13.6. The van der Waals surface area contributed by atoms with E-state index in [1.54, 1.807) is 0 Å². The van der Waals surface area contributed by atoms with Crippen LogP contribution in [-0.4, -0.2) is 16.1 Å². The minimum absolute atomic E-state index is 0.379. The van der Waals surface area contributed by atoms with Gasteiger partial charge in [-0.1, -0.05) is 231 Å². The second-order valence-electron chi connectivity index (χ2n) is 17.2. The van der Waals surface area contributed by atoms with Crippen LogP contribution in [0.2, 0.25) is 0 Å². The molecule has 0 saturated carbocycles. The fraction of sp³-hybridized carbons (Fsp3) is 0. The van der Waals surface area contributed by atoms with E-state index in [9.17, 15) is 0 Å². The van der Waals surface area contributed by atoms with Crippen molar-refractivity contribution in [3.05, 3.63) is 278 Å². The Hall–Kier alpha value is -7.91. The van der Waals surface area contributed by atoms with Crippen molar-refractivity contribution in [1.29, 1.82) is 0 Å². The number of benzene rings is 11. The summed E-state index contributed by atoms with van der Waals surface area (Å²) < 4.78 is 64.2. The van der Waals surface area contributed by atoms with Crippen molar-refractivity contribution >= 4 is 79.2 Å². The van der Waals surface area contributed by atoms with E-state index in [1.807, 2.05) is 60.7 Å². The molecule has 0 nitrogen and oxygen atoms in total. The minimum Gasteiger partial charge on any atom is -0.204 e. The molecule has 11 aromatic rings. The molecule has 11 rings (SSSR count). The van der Waals surface area contributed by atoms with Gasteiger partial charge in [0.1, 0.15) is 0 Å². The Kier molecular flexibility index (Phi) is 11.1. The van der Waals surface area contributed by atoms with Crippen molar-refractivity contribution < 1.29 is 17.6 Å². The van der Waals surface area contributed by atoms with Crippen LogP contribution < -0.4 is 41.5 Å². The third kappa shape index (κ3) is 7.03. The molecule has 0 heterocycles. The first-order chi connectivity index (χ1) is 33.4. The number of fused-ring (bicyclic) bond motifs is 2. The van der Waals surface area contributed by atoms with Crippen molar-refractivity contribution in [2.75, 3.05) is 0 Å². The second-order valence-corrected chi connectivity index (χ2v) is 24.9. The quantitative estimate of drug-likeness (QED) is 0.0555. The highest BCUT2D eigenvalue weighted by Crippen LogP contribution is 2.45. The van der Waals surface area contributed by atoms with E-state index in [2.05, 4.69) is 170 Å². The number of rotatable bonds is 10. The molecule has 6 heteroatoms. The highest BCUT2D eigenvalue weighted by Gasteiger charge is 2.43. The predicted molar refractivity (Wildman–Crippen MR) is 279 cm³/mol. The Morgan fingerprint density at radius 3 is 0.632 bits per heavy atom. The smallest absolute Gasteiger partial charge is 0.179 e. The molecule has 0 radical (unpaired) electrons. The van der Waals surface area contributed by atoms with Gasteiger partial charge in [0.05, 0.1) is 0 Å². The molecule has 0 aliphatic carbocycles. The van der Waals surface area contributed by atoms with Crippen LogP contribution in [0.1, 0.15) is 0 Å². The molecular formula is C62H42F4Si2. The minimum atomic E-state index is -3.08. The van der Waals surface area contributed by atoms with Gasteiger partial charge in [-0.05, 0) is 110 Å². The lowest BCUT2D eigenvalue weighted by atomic mass is 9.85. The van der Waals surface area contributed by atoms with Gasteiger partial charge in [-0.25, -0.2) is 17.6 Å². The van der Waals surface area contributed by atoms with Gasteiger partial charge in [-0.15, -0.1) is 0 Å². The summed E-state index contributed by atoms with van der Waals surface area (Å²) in [7, 11) is -6.15. The van der Waals surface area contributed by atoms with Crippen LogP contribution in [0.25, 0.3) is 43.8 Å². The summed E-state index contributed by atoms with van der Waals surface area (Å²) in [6.07, 6.45) is 0. The first-order valence-corrected chi connectivity index (χ1v) is 26.7. The van der Waals surface area contributed by atoms with Crippen LogP contribution in [0, 0.1) is 23.3 Å². The largest absolute Gasteiger partial charge is 0.204 e. The van der Waals surface area contributed by atoms with Crippen molar-refractivity contribution in [3.8, 4) is 22.3 Å². The lowest BCUT2D eigenvalue weighted by molar-refractivity contribution is 0.510. The van der Waals surface area contributed by atoms with E-state index < -0.39 is 39.4 Å². The molecular weight excluding hydrogens is 877 g/mol. The summed E-state index contributed by atoms with van der Waals surface area (Å²) in [5.41, 5.74) is 2.29. The Morgan fingerprint density at radius 1 is 0.206 bits per heavy atom. The van der Waals surface area contributed by atoms with Crippen LogP contribution in [0.5, 0.6) is 0 Å². The zero-order valence-electron chi connectivity index (χ0n) is 36.8. The average Bonchev–Trinajstić information content (AvgIpc) is 3.39. The van der Waals surface area contributed by atoms with Crippen LogP contribution in [-0.2, 0) is 0 Å². The van der Waals surface area contributed by atoms with Crippen molar-refractivity contribution in [3.63, 3.8) is 0 Å². The molecule has 0 amide bonds. The normalized spacial score (nSPS) is 11.8. The van der Waals surface area contributed by atoms with E-state index in [0.29, 0.717) is 43.8 Å². The van der Waals surface area contributed by atoms with E-state index in [0.717, 1.165) is 41.5 Å². The summed E-state index contributed by atoms with van der Waals surface area (Å²) in [6.45, 7) is 0. The molecule has 68 heavy (non-hydrogen) atoms. The molecule has 0 saturated heterocycles. The molecule has 0 aliphatic heterocycles. The average molecular weight is 919 g/mol. The van der Waals surface area contributed by atoms with E-state index in [4.69, 9.17) is 0 Å². The maximum absolute atomic E-state index is 16.0. The molecule has 0 unspecified atom stereocenters. The van der Waals surface area contributed by atoms with Crippen LogP contribution in [0.4, 0.5) is 17.6 Å². The van der Waals surface area contributed by atoms with Crippen molar-refractivity contribution in [2.45, 2.75) is 0 Å². The number of halogens is 4. The summed E-state index contributed by atoms with van der Waals surface area (Å²) in [6, 6.07) is 84.1. The summed E-state index contributed by atoms with van der Waals surface area (Å²) in [5.74, 6) is -4.16. The standard InChI is InChI=1S/C62H42F4Si2/c63-57-39-53-55(41-59(57)65)62(44-22-20-36-52(38-44)68(48-29-13-4-14-30-48,49-31-15-5-16-32-49)50-33-17-6-18-34-50)56-42-60(66)58(64)40-54(56)61(53)43-21-19-35-51(37-43)67(45-23-7-1-8-24-45,46-25-9-2-10-26-46)47-27-11-3-12-28-47/h1-42H. The number of hydrogen-bond donors (Lipinski definition) is 0. The molecule has 0 aromatic heterocycles. The van der Waals surface area contributed by atoms with Crippen LogP contribution in [0.3, 0.4) is 0 Å². The predicted octanol–water partition coefficient (Wildman–Crippen LogP) is 10.6. The van der Waals surface area contributed by atoms with Gasteiger partial charge in [0.2, 0.25) is 0 Å². The Bertz CT molecular complexity index is 3090. The summed E-state index contributed by atoms with van der Waals surface area (Å²) >= 11 is 0. The molecule has 0 N–H and O–H groups in total. The summed E-state index contributed by atoms with van der Waals surface area (Å²) in [5, 5.41) is 10.5. The van der Waals surface area contributed by atoms with E-state index in [1.165, 1.54) is 24.3 Å². The topological polar surface area (TPSA) is 0 Å². The molecule has 326 valence electrons. The fourth-order valence-electron chi connectivity index (χ4n) is 10.8. The molecule has 0 bridgehead atoms. The Morgan fingerprint density at radius 2 is 0.412 bits per heavy atom. The first-order valence-electron chi connectivity index (χ1n) is 22.7. The van der Waals surface area contributed by atoms with E-state index >= 15 is 17.6 Å². The van der Waals surface area contributed by atoms with Crippen LogP contribution >= 0.6 is 0 Å². The fourth-order valence-corrected chi connectivity index (χ4v) is 20.4. The van der Waals surface area contributed by atoms with Crippen molar-refractivity contribution in [2.24, 2.45) is 0 Å². The third-order valence-corrected chi connectivity index (χ3v) is 23.2. The zero-order chi connectivity index (χ0) is 46.2. The second kappa shape index (κ2) is 17.7. The highest BCUT2D eigenvalue weighted by atomic mass is 28.3. The first kappa shape index (κ1) is 42.7. The maximum atomic E-state index is 16.0. The van der Waals surface area contributed by atoms with Gasteiger partial charge in [-0.2, -0.15) is 0 Å². The number of hydrogen-bond acceptors (Lipinski definition) is 0. The van der Waals surface area contributed by atoms with Crippen LogP contribution in [0.15, 0.2) is 255 Å². The lowest BCUT2D eigenvalue weighted by Gasteiger charge is -2.35. The SMILES string of the molecule is Fc1cc2c(-c3cccc([Si](c4ccccc4)(c4ccccc4)c4ccccc4)c3)c3cc(F)c(F)cc3c(-c3cccc([Si](c4ccccc4)(c4ccccc4)c4ccccc4)c3)c2cc1F.